The fourth-order valence-electron chi connectivity index (χ4n) is 2.70. The van der Waals surface area contributed by atoms with Gasteiger partial charge in [0.15, 0.2) is 0 Å². The number of hydrogen-bond donors (Lipinski definition) is 0. The molecule has 0 heterocycles. The highest BCUT2D eigenvalue weighted by Crippen LogP contribution is 2.29. The van der Waals surface area contributed by atoms with Crippen LogP contribution in [0.2, 0.25) is 0 Å². The van der Waals surface area contributed by atoms with Gasteiger partial charge in [-0.3, -0.25) is 9.69 Å². The standard InChI is InChI=1S/C20H23F3N2O/c1-15-7-4-5-9-17(15)13-25(3)19(26)14-24(2)12-16-8-6-10-18(11-16)20(21,22)23/h4-11H,12-14H2,1-3H3. The molecule has 3 nitrogen and oxygen atoms in total. The summed E-state index contributed by atoms with van der Waals surface area (Å²) in [6.07, 6.45) is -4.36. The van der Waals surface area contributed by atoms with Crippen molar-refractivity contribution in [2.24, 2.45) is 0 Å². The molecule has 0 bridgehead atoms. The first-order chi connectivity index (χ1) is 12.2. The molecule has 2 aromatic carbocycles. The molecule has 0 saturated heterocycles. The minimum Gasteiger partial charge on any atom is -0.340 e. The largest absolute Gasteiger partial charge is 0.416 e. The van der Waals surface area contributed by atoms with Crippen molar-refractivity contribution in [3.63, 3.8) is 0 Å². The van der Waals surface area contributed by atoms with Crippen LogP contribution in [0.25, 0.3) is 0 Å². The predicted molar refractivity (Wildman–Crippen MR) is 95.4 cm³/mol. The molecule has 0 radical (unpaired) electrons. The van der Waals surface area contributed by atoms with Gasteiger partial charge in [0.2, 0.25) is 5.91 Å². The number of carbonyl (C=O) groups is 1. The lowest BCUT2D eigenvalue weighted by Gasteiger charge is -2.23. The summed E-state index contributed by atoms with van der Waals surface area (Å²) in [6, 6.07) is 13.0. The summed E-state index contributed by atoms with van der Waals surface area (Å²) in [5.74, 6) is -0.0808. The molecular formula is C20H23F3N2O. The maximum Gasteiger partial charge on any atom is 0.416 e. The van der Waals surface area contributed by atoms with Gasteiger partial charge < -0.3 is 4.90 Å². The summed E-state index contributed by atoms with van der Waals surface area (Å²) in [7, 11) is 3.45. The second-order valence-corrected chi connectivity index (χ2v) is 6.55. The number of hydrogen-bond acceptors (Lipinski definition) is 2. The van der Waals surface area contributed by atoms with E-state index in [4.69, 9.17) is 0 Å². The van der Waals surface area contributed by atoms with Gasteiger partial charge in [-0.05, 0) is 36.7 Å². The van der Waals surface area contributed by atoms with Crippen molar-refractivity contribution in [3.05, 3.63) is 70.8 Å². The number of likely N-dealkylation sites (N-methyl/N-ethyl adjacent to an activating group) is 2. The first kappa shape index (κ1) is 20.0. The summed E-state index contributed by atoms with van der Waals surface area (Å²) in [6.45, 7) is 2.91. The zero-order valence-electron chi connectivity index (χ0n) is 15.2. The van der Waals surface area contributed by atoms with E-state index in [1.807, 2.05) is 31.2 Å². The van der Waals surface area contributed by atoms with E-state index in [1.165, 1.54) is 6.07 Å². The van der Waals surface area contributed by atoms with Gasteiger partial charge in [-0.25, -0.2) is 0 Å². The molecule has 6 heteroatoms. The van der Waals surface area contributed by atoms with E-state index < -0.39 is 11.7 Å². The number of nitrogens with zero attached hydrogens (tertiary/aromatic N) is 2. The fourth-order valence-corrected chi connectivity index (χ4v) is 2.70. The minimum absolute atomic E-state index is 0.0808. The van der Waals surface area contributed by atoms with E-state index >= 15 is 0 Å². The predicted octanol–water partition coefficient (Wildman–Crippen LogP) is 4.10. The summed E-state index contributed by atoms with van der Waals surface area (Å²) >= 11 is 0. The van der Waals surface area contributed by atoms with Crippen molar-refractivity contribution >= 4 is 5.91 Å². The van der Waals surface area contributed by atoms with Crippen LogP contribution in [0.5, 0.6) is 0 Å². The molecule has 140 valence electrons. The highest BCUT2D eigenvalue weighted by atomic mass is 19.4. The Bertz CT molecular complexity index is 759. The molecule has 0 spiro atoms. The summed E-state index contributed by atoms with van der Waals surface area (Å²) < 4.78 is 38.4. The Balaban J connectivity index is 1.94. The first-order valence-corrected chi connectivity index (χ1v) is 8.30. The van der Waals surface area contributed by atoms with Crippen LogP contribution in [0.4, 0.5) is 13.2 Å². The van der Waals surface area contributed by atoms with Gasteiger partial charge in [0.25, 0.3) is 0 Å². The van der Waals surface area contributed by atoms with Crippen LogP contribution in [0, 0.1) is 6.92 Å². The van der Waals surface area contributed by atoms with Crippen LogP contribution in [0.3, 0.4) is 0 Å². The van der Waals surface area contributed by atoms with Crippen LogP contribution >= 0.6 is 0 Å². The van der Waals surface area contributed by atoms with Gasteiger partial charge in [0.1, 0.15) is 0 Å². The van der Waals surface area contributed by atoms with Crippen molar-refractivity contribution in [2.45, 2.75) is 26.2 Å². The Labute approximate surface area is 152 Å². The normalized spacial score (nSPS) is 11.7. The Morgan fingerprint density at radius 2 is 1.69 bits per heavy atom. The number of benzene rings is 2. The molecule has 0 aliphatic rings. The molecule has 0 atom stereocenters. The van der Waals surface area contributed by atoms with E-state index in [-0.39, 0.29) is 19.0 Å². The van der Waals surface area contributed by atoms with Crippen LogP contribution < -0.4 is 0 Å². The van der Waals surface area contributed by atoms with Crippen molar-refractivity contribution in [1.29, 1.82) is 0 Å². The third kappa shape index (κ3) is 5.59. The minimum atomic E-state index is -4.36. The van der Waals surface area contributed by atoms with Crippen molar-refractivity contribution in [1.82, 2.24) is 9.80 Å². The van der Waals surface area contributed by atoms with Gasteiger partial charge >= 0.3 is 6.18 Å². The lowest BCUT2D eigenvalue weighted by atomic mass is 10.1. The summed E-state index contributed by atoms with van der Waals surface area (Å²) in [5.41, 5.74) is 2.04. The number of halogens is 3. The van der Waals surface area contributed by atoms with Gasteiger partial charge in [0.05, 0.1) is 12.1 Å². The molecule has 0 unspecified atom stereocenters. The van der Waals surface area contributed by atoms with Crippen molar-refractivity contribution in [3.8, 4) is 0 Å². The van der Waals surface area contributed by atoms with E-state index in [1.54, 1.807) is 30.0 Å². The van der Waals surface area contributed by atoms with Crippen LogP contribution in [0.15, 0.2) is 48.5 Å². The van der Waals surface area contributed by atoms with Gasteiger partial charge in [-0.2, -0.15) is 13.2 Å². The molecule has 2 aromatic rings. The first-order valence-electron chi connectivity index (χ1n) is 8.30. The molecule has 0 aliphatic heterocycles. The van der Waals surface area contributed by atoms with Crippen molar-refractivity contribution in [2.75, 3.05) is 20.6 Å². The topological polar surface area (TPSA) is 23.6 Å². The van der Waals surface area contributed by atoms with E-state index in [0.717, 1.165) is 23.3 Å². The monoisotopic (exact) mass is 364 g/mol. The molecule has 0 aromatic heterocycles. The van der Waals surface area contributed by atoms with E-state index in [2.05, 4.69) is 0 Å². The highest BCUT2D eigenvalue weighted by Gasteiger charge is 2.30. The van der Waals surface area contributed by atoms with Crippen molar-refractivity contribution < 1.29 is 18.0 Å². The smallest absolute Gasteiger partial charge is 0.340 e. The molecular weight excluding hydrogens is 341 g/mol. The van der Waals surface area contributed by atoms with Crippen LogP contribution in [-0.2, 0) is 24.1 Å². The van der Waals surface area contributed by atoms with E-state index in [0.29, 0.717) is 12.1 Å². The zero-order valence-corrected chi connectivity index (χ0v) is 15.2. The third-order valence-electron chi connectivity index (χ3n) is 4.21. The molecule has 1 amide bonds. The number of amides is 1. The Kier molecular flexibility index (Phi) is 6.42. The second-order valence-electron chi connectivity index (χ2n) is 6.55. The highest BCUT2D eigenvalue weighted by molar-refractivity contribution is 5.78. The maximum absolute atomic E-state index is 12.8. The lowest BCUT2D eigenvalue weighted by molar-refractivity contribution is -0.137. The third-order valence-corrected chi connectivity index (χ3v) is 4.21. The fraction of sp³-hybridized carbons (Fsp3) is 0.350. The number of rotatable bonds is 6. The SMILES string of the molecule is Cc1ccccc1CN(C)C(=O)CN(C)Cc1cccc(C(F)(F)F)c1. The molecule has 0 N–H and O–H groups in total. The Morgan fingerprint density at radius 3 is 2.35 bits per heavy atom. The Morgan fingerprint density at radius 1 is 1.00 bits per heavy atom. The Hall–Kier alpha value is -2.34. The van der Waals surface area contributed by atoms with Gasteiger partial charge in [-0.1, -0.05) is 42.5 Å². The second kappa shape index (κ2) is 8.36. The molecule has 0 fully saturated rings. The molecule has 2 rings (SSSR count). The van der Waals surface area contributed by atoms with Crippen LogP contribution in [0.1, 0.15) is 22.3 Å². The number of carbonyl (C=O) groups excluding carboxylic acids is 1. The molecule has 26 heavy (non-hydrogen) atoms. The number of aryl methyl sites for hydroxylation is 1. The quantitative estimate of drug-likeness (QED) is 0.770. The maximum atomic E-state index is 12.8. The van der Waals surface area contributed by atoms with Crippen LogP contribution in [-0.4, -0.2) is 36.3 Å². The molecule has 0 aliphatic carbocycles. The average molecular weight is 364 g/mol. The van der Waals surface area contributed by atoms with Gasteiger partial charge in [-0.15, -0.1) is 0 Å². The van der Waals surface area contributed by atoms with E-state index in [9.17, 15) is 18.0 Å². The zero-order chi connectivity index (χ0) is 19.3. The number of alkyl halides is 3. The average Bonchev–Trinajstić information content (AvgIpc) is 2.56. The molecule has 0 saturated carbocycles. The lowest BCUT2D eigenvalue weighted by Crippen LogP contribution is -2.36. The summed E-state index contributed by atoms with van der Waals surface area (Å²) in [4.78, 5) is 15.7. The van der Waals surface area contributed by atoms with Gasteiger partial charge in [0, 0.05) is 20.1 Å². The summed E-state index contributed by atoms with van der Waals surface area (Å²) in [5, 5.41) is 0.